The van der Waals surface area contributed by atoms with Crippen molar-refractivity contribution in [3.8, 4) is 0 Å². The quantitative estimate of drug-likeness (QED) is 0.545. The monoisotopic (exact) mass is 154 g/mol. The Labute approximate surface area is 66.8 Å². The topological polar surface area (TPSA) is 32.3 Å². The maximum atomic E-state index is 11.3. The highest BCUT2D eigenvalue weighted by molar-refractivity contribution is 5.79. The van der Waals surface area contributed by atoms with Crippen LogP contribution in [0.3, 0.4) is 0 Å². The number of nitrogens with one attached hydrogen (secondary N) is 1. The Morgan fingerprint density at radius 1 is 1.64 bits per heavy atom. The molecule has 0 bridgehead atoms. The lowest BCUT2D eigenvalue weighted by Crippen LogP contribution is -2.58. The molecule has 0 spiro atoms. The third kappa shape index (κ3) is 0.948. The Morgan fingerprint density at radius 2 is 2.45 bits per heavy atom. The van der Waals surface area contributed by atoms with E-state index in [1.54, 1.807) is 0 Å². The fourth-order valence-corrected chi connectivity index (χ4v) is 2.05. The van der Waals surface area contributed by atoms with Gasteiger partial charge in [0.15, 0.2) is 0 Å². The second kappa shape index (κ2) is 2.21. The first-order valence-electron chi connectivity index (χ1n) is 4.28. The molecule has 1 N–H and O–H groups in total. The zero-order valence-electron chi connectivity index (χ0n) is 6.89. The molecule has 2 fully saturated rings. The van der Waals surface area contributed by atoms with Crippen LogP contribution in [0.5, 0.6) is 0 Å². The molecule has 3 heteroatoms. The van der Waals surface area contributed by atoms with E-state index < -0.39 is 0 Å². The minimum Gasteiger partial charge on any atom is -0.325 e. The van der Waals surface area contributed by atoms with Gasteiger partial charge < -0.3 is 4.90 Å². The van der Waals surface area contributed by atoms with Crippen molar-refractivity contribution in [2.75, 3.05) is 13.1 Å². The smallest absolute Gasteiger partial charge is 0.224 e. The van der Waals surface area contributed by atoms with E-state index in [0.717, 1.165) is 32.4 Å². The lowest BCUT2D eigenvalue weighted by atomic mass is 10.1. The second-order valence-corrected chi connectivity index (χ2v) is 3.60. The number of carbonyl (C=O) groups is 1. The van der Waals surface area contributed by atoms with Crippen LogP contribution in [0.2, 0.25) is 0 Å². The highest BCUT2D eigenvalue weighted by Crippen LogP contribution is 2.29. The molecule has 1 atom stereocenters. The van der Waals surface area contributed by atoms with Crippen LogP contribution in [0.4, 0.5) is 0 Å². The molecule has 2 saturated heterocycles. The van der Waals surface area contributed by atoms with Crippen LogP contribution in [0.15, 0.2) is 0 Å². The van der Waals surface area contributed by atoms with Crippen LogP contribution in [0.25, 0.3) is 0 Å². The first-order chi connectivity index (χ1) is 5.22. The summed E-state index contributed by atoms with van der Waals surface area (Å²) >= 11 is 0. The Morgan fingerprint density at radius 3 is 3.18 bits per heavy atom. The molecule has 3 nitrogen and oxygen atoms in total. The number of carbonyl (C=O) groups excluding carboxylic acids is 1. The van der Waals surface area contributed by atoms with Gasteiger partial charge in [0.2, 0.25) is 5.91 Å². The summed E-state index contributed by atoms with van der Waals surface area (Å²) in [5.74, 6) is 0.319. The Balaban J connectivity index is 2.21. The van der Waals surface area contributed by atoms with Crippen molar-refractivity contribution < 1.29 is 4.79 Å². The third-order valence-electron chi connectivity index (χ3n) is 2.79. The van der Waals surface area contributed by atoms with E-state index in [1.807, 2.05) is 4.90 Å². The molecule has 0 unspecified atom stereocenters. The normalized spacial score (nSPS) is 37.5. The van der Waals surface area contributed by atoms with Crippen LogP contribution >= 0.6 is 0 Å². The average Bonchev–Trinajstić information content (AvgIpc) is 2.29. The fourth-order valence-electron chi connectivity index (χ4n) is 2.05. The molecular weight excluding hydrogens is 140 g/mol. The van der Waals surface area contributed by atoms with E-state index in [4.69, 9.17) is 0 Å². The van der Waals surface area contributed by atoms with E-state index in [1.165, 1.54) is 0 Å². The van der Waals surface area contributed by atoms with Gasteiger partial charge in [0.1, 0.15) is 0 Å². The van der Waals surface area contributed by atoms with Gasteiger partial charge in [0, 0.05) is 13.0 Å². The third-order valence-corrected chi connectivity index (χ3v) is 2.79. The van der Waals surface area contributed by atoms with E-state index >= 15 is 0 Å². The number of hydrogen-bond donors (Lipinski definition) is 1. The minimum absolute atomic E-state index is 0.00463. The second-order valence-electron chi connectivity index (χ2n) is 3.60. The van der Waals surface area contributed by atoms with E-state index in [9.17, 15) is 4.79 Å². The number of hydrogen-bond acceptors (Lipinski definition) is 2. The van der Waals surface area contributed by atoms with Gasteiger partial charge in [0.25, 0.3) is 0 Å². The van der Waals surface area contributed by atoms with Gasteiger partial charge in [-0.05, 0) is 26.3 Å². The number of nitrogens with zero attached hydrogens (tertiary/aromatic N) is 1. The average molecular weight is 154 g/mol. The molecule has 0 radical (unpaired) electrons. The summed E-state index contributed by atoms with van der Waals surface area (Å²) < 4.78 is 0. The molecule has 0 aromatic heterocycles. The van der Waals surface area contributed by atoms with Crippen molar-refractivity contribution >= 4 is 5.91 Å². The lowest BCUT2D eigenvalue weighted by Gasteiger charge is -2.40. The van der Waals surface area contributed by atoms with Crippen LogP contribution in [0.1, 0.15) is 26.2 Å². The summed E-state index contributed by atoms with van der Waals surface area (Å²) in [6.07, 6.45) is 2.80. The molecule has 2 aliphatic heterocycles. The Kier molecular flexibility index (Phi) is 1.42. The summed E-state index contributed by atoms with van der Waals surface area (Å²) in [6.45, 7) is 4.12. The van der Waals surface area contributed by atoms with Gasteiger partial charge in [-0.15, -0.1) is 0 Å². The predicted molar refractivity (Wildman–Crippen MR) is 42.0 cm³/mol. The van der Waals surface area contributed by atoms with Crippen molar-refractivity contribution in [3.05, 3.63) is 0 Å². The van der Waals surface area contributed by atoms with Crippen molar-refractivity contribution in [1.82, 2.24) is 10.2 Å². The summed E-state index contributed by atoms with van der Waals surface area (Å²) in [4.78, 5) is 13.3. The highest BCUT2D eigenvalue weighted by atomic mass is 16.2. The van der Waals surface area contributed by atoms with E-state index in [2.05, 4.69) is 12.2 Å². The van der Waals surface area contributed by atoms with Crippen LogP contribution in [-0.4, -0.2) is 29.6 Å². The fraction of sp³-hybridized carbons (Fsp3) is 0.875. The molecule has 0 saturated carbocycles. The zero-order valence-corrected chi connectivity index (χ0v) is 6.89. The summed E-state index contributed by atoms with van der Waals surface area (Å²) in [5, 5.41) is 3.39. The molecule has 2 rings (SSSR count). The number of amides is 1. The maximum absolute atomic E-state index is 11.3. The lowest BCUT2D eigenvalue weighted by molar-refractivity contribution is -0.132. The molecule has 62 valence electrons. The first kappa shape index (κ1) is 7.10. The summed E-state index contributed by atoms with van der Waals surface area (Å²) in [6, 6.07) is 0. The highest BCUT2D eigenvalue weighted by Gasteiger charge is 2.42. The SMILES string of the molecule is C[C@]12CCC(=O)N1CCCN2. The first-order valence-corrected chi connectivity index (χ1v) is 4.28. The van der Waals surface area contributed by atoms with Crippen molar-refractivity contribution in [2.45, 2.75) is 31.8 Å². The maximum Gasteiger partial charge on any atom is 0.224 e. The van der Waals surface area contributed by atoms with Crippen LogP contribution in [0, 0.1) is 0 Å². The molecule has 11 heavy (non-hydrogen) atoms. The van der Waals surface area contributed by atoms with Gasteiger partial charge in [-0.3, -0.25) is 10.1 Å². The molecule has 0 aromatic carbocycles. The number of rotatable bonds is 0. The minimum atomic E-state index is -0.00463. The summed E-state index contributed by atoms with van der Waals surface area (Å²) in [7, 11) is 0. The Hall–Kier alpha value is -0.570. The van der Waals surface area contributed by atoms with Gasteiger partial charge in [0.05, 0.1) is 5.66 Å². The zero-order chi connectivity index (χ0) is 7.90. The summed E-state index contributed by atoms with van der Waals surface area (Å²) in [5.41, 5.74) is -0.00463. The molecular formula is C8H14N2O. The van der Waals surface area contributed by atoms with Gasteiger partial charge in [-0.2, -0.15) is 0 Å². The van der Waals surface area contributed by atoms with Crippen molar-refractivity contribution in [3.63, 3.8) is 0 Å². The molecule has 2 aliphatic rings. The van der Waals surface area contributed by atoms with E-state index in [0.29, 0.717) is 5.91 Å². The number of fused-ring (bicyclic) bond motifs is 1. The largest absolute Gasteiger partial charge is 0.325 e. The molecule has 2 heterocycles. The van der Waals surface area contributed by atoms with Crippen molar-refractivity contribution in [1.29, 1.82) is 0 Å². The Bertz CT molecular complexity index is 193. The standard InChI is InChI=1S/C8H14N2O/c1-8-4-3-7(11)10(8)6-2-5-9-8/h9H,2-6H2,1H3/t8-/m1/s1. The van der Waals surface area contributed by atoms with Crippen LogP contribution < -0.4 is 5.32 Å². The van der Waals surface area contributed by atoms with Gasteiger partial charge >= 0.3 is 0 Å². The predicted octanol–water partition coefficient (Wildman–Crippen LogP) is 0.318. The van der Waals surface area contributed by atoms with Crippen molar-refractivity contribution in [2.24, 2.45) is 0 Å². The molecule has 1 amide bonds. The van der Waals surface area contributed by atoms with Gasteiger partial charge in [-0.1, -0.05) is 0 Å². The molecule has 0 aromatic rings. The molecule has 0 aliphatic carbocycles. The van der Waals surface area contributed by atoms with Gasteiger partial charge in [-0.25, -0.2) is 0 Å². The van der Waals surface area contributed by atoms with Crippen LogP contribution in [-0.2, 0) is 4.79 Å². The van der Waals surface area contributed by atoms with E-state index in [-0.39, 0.29) is 5.66 Å².